The quantitative estimate of drug-likeness (QED) is 0.854. The summed E-state index contributed by atoms with van der Waals surface area (Å²) in [5.41, 5.74) is 1.69. The third kappa shape index (κ3) is 5.10. The van der Waals surface area contributed by atoms with Gasteiger partial charge in [0.15, 0.2) is 0 Å². The molecular formula is C18H28ClN3O2. The Balaban J connectivity index is 2.01. The fourth-order valence-corrected chi connectivity index (χ4v) is 3.30. The third-order valence-electron chi connectivity index (χ3n) is 4.32. The molecule has 1 saturated heterocycles. The largest absolute Gasteiger partial charge is 0.396 e. The maximum atomic E-state index is 12.6. The van der Waals surface area contributed by atoms with E-state index in [4.69, 9.17) is 11.6 Å². The Hall–Kier alpha value is -1.30. The number of amides is 2. The molecule has 134 valence electrons. The van der Waals surface area contributed by atoms with Crippen LogP contribution in [0.4, 0.5) is 10.5 Å². The predicted molar refractivity (Wildman–Crippen MR) is 98.7 cm³/mol. The maximum Gasteiger partial charge on any atom is 0.321 e. The number of piperazine rings is 1. The molecule has 2 rings (SSSR count). The van der Waals surface area contributed by atoms with Gasteiger partial charge in [0.25, 0.3) is 0 Å². The van der Waals surface area contributed by atoms with E-state index in [1.165, 1.54) is 0 Å². The van der Waals surface area contributed by atoms with Gasteiger partial charge in [0, 0.05) is 38.8 Å². The molecule has 6 heteroatoms. The van der Waals surface area contributed by atoms with Crippen molar-refractivity contribution in [1.82, 2.24) is 9.80 Å². The fourth-order valence-electron chi connectivity index (χ4n) is 3.14. The summed E-state index contributed by atoms with van der Waals surface area (Å²) in [6.07, 6.45) is 0.682. The van der Waals surface area contributed by atoms with E-state index in [0.717, 1.165) is 18.7 Å². The summed E-state index contributed by atoms with van der Waals surface area (Å²) in [6, 6.07) is 5.65. The lowest BCUT2D eigenvalue weighted by atomic mass is 10.1. The monoisotopic (exact) mass is 353 g/mol. The molecule has 1 fully saturated rings. The van der Waals surface area contributed by atoms with Gasteiger partial charge in [0.2, 0.25) is 0 Å². The molecule has 0 saturated carbocycles. The molecule has 1 heterocycles. The van der Waals surface area contributed by atoms with Crippen molar-refractivity contribution < 1.29 is 9.90 Å². The molecule has 0 radical (unpaired) electrons. The Labute approximate surface area is 149 Å². The highest BCUT2D eigenvalue weighted by Gasteiger charge is 2.29. The minimum atomic E-state index is -0.130. The van der Waals surface area contributed by atoms with E-state index in [1.54, 1.807) is 6.07 Å². The SMILES string of the molecule is Cc1ccc(Cl)c(NC(=O)N2CCN(CC(C)C)C(CCO)C2)c1. The summed E-state index contributed by atoms with van der Waals surface area (Å²) in [6.45, 7) is 9.62. The average Bonchev–Trinajstić information content (AvgIpc) is 2.52. The van der Waals surface area contributed by atoms with Crippen molar-refractivity contribution in [2.24, 2.45) is 5.92 Å². The number of hydrogen-bond acceptors (Lipinski definition) is 3. The number of rotatable bonds is 5. The van der Waals surface area contributed by atoms with Crippen LogP contribution < -0.4 is 5.32 Å². The van der Waals surface area contributed by atoms with Gasteiger partial charge in [-0.05, 0) is 37.0 Å². The first-order chi connectivity index (χ1) is 11.4. The number of carbonyl (C=O) groups excluding carboxylic acids is 1. The lowest BCUT2D eigenvalue weighted by molar-refractivity contribution is 0.0689. The maximum absolute atomic E-state index is 12.6. The van der Waals surface area contributed by atoms with E-state index in [9.17, 15) is 9.90 Å². The molecule has 1 aromatic carbocycles. The van der Waals surface area contributed by atoms with Crippen LogP contribution in [0, 0.1) is 12.8 Å². The van der Waals surface area contributed by atoms with Gasteiger partial charge >= 0.3 is 6.03 Å². The van der Waals surface area contributed by atoms with Gasteiger partial charge in [-0.3, -0.25) is 4.90 Å². The van der Waals surface area contributed by atoms with E-state index in [0.29, 0.717) is 36.1 Å². The molecule has 2 amide bonds. The van der Waals surface area contributed by atoms with E-state index in [-0.39, 0.29) is 18.7 Å². The second kappa shape index (κ2) is 8.70. The number of carbonyl (C=O) groups is 1. The number of nitrogens with zero attached hydrogens (tertiary/aromatic N) is 2. The topological polar surface area (TPSA) is 55.8 Å². The van der Waals surface area contributed by atoms with Crippen molar-refractivity contribution in [1.29, 1.82) is 0 Å². The molecule has 24 heavy (non-hydrogen) atoms. The second-order valence-corrected chi connectivity index (χ2v) is 7.32. The third-order valence-corrected chi connectivity index (χ3v) is 4.65. The van der Waals surface area contributed by atoms with Crippen LogP contribution in [0.25, 0.3) is 0 Å². The molecular weight excluding hydrogens is 326 g/mol. The molecule has 5 nitrogen and oxygen atoms in total. The summed E-state index contributed by atoms with van der Waals surface area (Å²) in [4.78, 5) is 16.8. The van der Waals surface area contributed by atoms with Crippen molar-refractivity contribution in [2.45, 2.75) is 33.2 Å². The lowest BCUT2D eigenvalue weighted by Crippen LogP contribution is -2.56. The zero-order chi connectivity index (χ0) is 17.7. The standard InChI is InChI=1S/C18H28ClN3O2/c1-13(2)11-21-7-8-22(12-15(21)6-9-23)18(24)20-17-10-14(3)4-5-16(17)19/h4-5,10,13,15,23H,6-9,11-12H2,1-3H3,(H,20,24). The van der Waals surface area contributed by atoms with Crippen molar-refractivity contribution in [3.8, 4) is 0 Å². The van der Waals surface area contributed by atoms with Crippen molar-refractivity contribution >= 4 is 23.3 Å². The number of aliphatic hydroxyl groups excluding tert-OH is 1. The Morgan fingerprint density at radius 1 is 1.42 bits per heavy atom. The minimum absolute atomic E-state index is 0.130. The van der Waals surface area contributed by atoms with E-state index < -0.39 is 0 Å². The summed E-state index contributed by atoms with van der Waals surface area (Å²) in [7, 11) is 0. The first kappa shape index (κ1) is 19.0. The highest BCUT2D eigenvalue weighted by Crippen LogP contribution is 2.24. The summed E-state index contributed by atoms with van der Waals surface area (Å²) < 4.78 is 0. The molecule has 1 aliphatic heterocycles. The molecule has 1 aromatic rings. The summed E-state index contributed by atoms with van der Waals surface area (Å²) >= 11 is 6.16. The van der Waals surface area contributed by atoms with Crippen molar-refractivity contribution in [3.05, 3.63) is 28.8 Å². The number of urea groups is 1. The van der Waals surface area contributed by atoms with Crippen LogP contribution >= 0.6 is 11.6 Å². The average molecular weight is 354 g/mol. The normalized spacial score (nSPS) is 18.9. The number of aliphatic hydroxyl groups is 1. The first-order valence-electron chi connectivity index (χ1n) is 8.57. The number of hydrogen-bond donors (Lipinski definition) is 2. The number of halogens is 1. The highest BCUT2D eigenvalue weighted by molar-refractivity contribution is 6.33. The molecule has 1 aliphatic rings. The number of aryl methyl sites for hydroxylation is 1. The van der Waals surface area contributed by atoms with Crippen LogP contribution in [0.1, 0.15) is 25.8 Å². The Bertz CT molecular complexity index is 565. The molecule has 0 spiro atoms. The molecule has 0 aliphatic carbocycles. The smallest absolute Gasteiger partial charge is 0.321 e. The van der Waals surface area contributed by atoms with Crippen LogP contribution in [0.3, 0.4) is 0 Å². The molecule has 1 atom stereocenters. The van der Waals surface area contributed by atoms with Crippen LogP contribution in [0.5, 0.6) is 0 Å². The molecule has 0 bridgehead atoms. The summed E-state index contributed by atoms with van der Waals surface area (Å²) in [5, 5.41) is 12.8. The van der Waals surface area contributed by atoms with Gasteiger partial charge in [-0.1, -0.05) is 31.5 Å². The highest BCUT2D eigenvalue weighted by atomic mass is 35.5. The van der Waals surface area contributed by atoms with Crippen LogP contribution in [0.2, 0.25) is 5.02 Å². The predicted octanol–water partition coefficient (Wildman–Crippen LogP) is 3.20. The number of nitrogens with one attached hydrogen (secondary N) is 1. The van der Waals surface area contributed by atoms with E-state index >= 15 is 0 Å². The zero-order valence-electron chi connectivity index (χ0n) is 14.8. The minimum Gasteiger partial charge on any atom is -0.396 e. The zero-order valence-corrected chi connectivity index (χ0v) is 15.5. The number of benzene rings is 1. The second-order valence-electron chi connectivity index (χ2n) is 6.91. The van der Waals surface area contributed by atoms with Gasteiger partial charge in [0.05, 0.1) is 10.7 Å². The van der Waals surface area contributed by atoms with Crippen LogP contribution in [0.15, 0.2) is 18.2 Å². The van der Waals surface area contributed by atoms with E-state index in [1.807, 2.05) is 24.0 Å². The Kier molecular flexibility index (Phi) is 6.90. The van der Waals surface area contributed by atoms with Crippen LogP contribution in [-0.4, -0.2) is 59.8 Å². The van der Waals surface area contributed by atoms with Gasteiger partial charge < -0.3 is 15.3 Å². The van der Waals surface area contributed by atoms with Gasteiger partial charge in [0.1, 0.15) is 0 Å². The van der Waals surface area contributed by atoms with E-state index in [2.05, 4.69) is 24.1 Å². The van der Waals surface area contributed by atoms with Gasteiger partial charge in [-0.15, -0.1) is 0 Å². The Morgan fingerprint density at radius 3 is 2.83 bits per heavy atom. The lowest BCUT2D eigenvalue weighted by Gasteiger charge is -2.42. The van der Waals surface area contributed by atoms with Gasteiger partial charge in [-0.25, -0.2) is 4.79 Å². The molecule has 0 aromatic heterocycles. The van der Waals surface area contributed by atoms with Gasteiger partial charge in [-0.2, -0.15) is 0 Å². The molecule has 2 N–H and O–H groups in total. The van der Waals surface area contributed by atoms with Crippen molar-refractivity contribution in [3.63, 3.8) is 0 Å². The molecule has 1 unspecified atom stereocenters. The first-order valence-corrected chi connectivity index (χ1v) is 8.95. The number of anilines is 1. The van der Waals surface area contributed by atoms with Crippen LogP contribution in [-0.2, 0) is 0 Å². The fraction of sp³-hybridized carbons (Fsp3) is 0.611. The Morgan fingerprint density at radius 2 is 2.17 bits per heavy atom. The summed E-state index contributed by atoms with van der Waals surface area (Å²) in [5.74, 6) is 0.567. The van der Waals surface area contributed by atoms with Crippen molar-refractivity contribution in [2.75, 3.05) is 38.1 Å².